The second-order valence-electron chi connectivity index (χ2n) is 4.97. The molecule has 0 saturated carbocycles. The molecule has 5 heteroatoms. The lowest BCUT2D eigenvalue weighted by Gasteiger charge is -2.10. The molecule has 0 fully saturated rings. The van der Waals surface area contributed by atoms with Crippen LogP contribution >= 0.6 is 15.9 Å². The maximum absolute atomic E-state index is 9.55. The van der Waals surface area contributed by atoms with E-state index in [2.05, 4.69) is 57.2 Å². The highest BCUT2D eigenvalue weighted by molar-refractivity contribution is 9.10. The smallest absolute Gasteiger partial charge is 0.141 e. The Hall–Kier alpha value is -2.14. The van der Waals surface area contributed by atoms with Gasteiger partial charge in [-0.2, -0.15) is 0 Å². The maximum atomic E-state index is 9.55. The van der Waals surface area contributed by atoms with Gasteiger partial charge in [0.2, 0.25) is 0 Å². The van der Waals surface area contributed by atoms with Crippen molar-refractivity contribution in [3.05, 3.63) is 52.3 Å². The molecule has 0 spiro atoms. The minimum Gasteiger partial charge on any atom is -0.507 e. The van der Waals surface area contributed by atoms with Crippen molar-refractivity contribution in [3.63, 3.8) is 0 Å². The van der Waals surface area contributed by atoms with E-state index >= 15 is 0 Å². The molecule has 1 heterocycles. The number of aromatic hydroxyl groups is 1. The zero-order valence-corrected chi connectivity index (χ0v) is 13.3. The second-order valence-corrected chi connectivity index (χ2v) is 5.82. The van der Waals surface area contributed by atoms with Crippen molar-refractivity contribution in [2.45, 2.75) is 13.8 Å². The Kier molecular flexibility index (Phi) is 3.51. The second kappa shape index (κ2) is 5.33. The number of fused-ring (bicyclic) bond motifs is 1. The van der Waals surface area contributed by atoms with Crippen LogP contribution in [0.25, 0.3) is 10.9 Å². The van der Waals surface area contributed by atoms with Crippen molar-refractivity contribution in [3.8, 4) is 5.75 Å². The van der Waals surface area contributed by atoms with E-state index in [1.54, 1.807) is 18.5 Å². The fourth-order valence-corrected chi connectivity index (χ4v) is 2.52. The van der Waals surface area contributed by atoms with Gasteiger partial charge in [-0.05, 0) is 71.2 Å². The number of aryl methyl sites for hydroxylation is 2. The molecule has 0 radical (unpaired) electrons. The highest BCUT2D eigenvalue weighted by Crippen LogP contribution is 2.30. The molecule has 0 aliphatic carbocycles. The molecule has 0 amide bonds. The molecule has 3 aromatic rings. The summed E-state index contributed by atoms with van der Waals surface area (Å²) in [7, 11) is 0. The van der Waals surface area contributed by atoms with Crippen LogP contribution in [-0.2, 0) is 0 Å². The number of halogens is 1. The number of benzene rings is 2. The predicted molar refractivity (Wildman–Crippen MR) is 88.1 cm³/mol. The van der Waals surface area contributed by atoms with Gasteiger partial charge in [-0.25, -0.2) is 9.97 Å². The molecule has 106 valence electrons. The monoisotopic (exact) mass is 343 g/mol. The number of hydrogen-bond acceptors (Lipinski definition) is 4. The molecule has 3 rings (SSSR count). The fraction of sp³-hybridized carbons (Fsp3) is 0.125. The number of aromatic nitrogens is 2. The minimum absolute atomic E-state index is 0.208. The molecule has 0 atom stereocenters. The molecule has 0 saturated heterocycles. The van der Waals surface area contributed by atoms with Crippen molar-refractivity contribution in [2.24, 2.45) is 0 Å². The predicted octanol–water partition coefficient (Wildman–Crippen LogP) is 4.46. The Morgan fingerprint density at radius 2 is 1.81 bits per heavy atom. The highest BCUT2D eigenvalue weighted by atomic mass is 79.9. The van der Waals surface area contributed by atoms with Crippen molar-refractivity contribution in [1.82, 2.24) is 9.97 Å². The summed E-state index contributed by atoms with van der Waals surface area (Å²) in [5.41, 5.74) is 4.16. The third-order valence-electron chi connectivity index (χ3n) is 3.46. The Bertz CT molecular complexity index is 833. The number of phenols is 1. The van der Waals surface area contributed by atoms with Crippen molar-refractivity contribution in [1.29, 1.82) is 0 Å². The van der Waals surface area contributed by atoms with Crippen LogP contribution in [0, 0.1) is 13.8 Å². The van der Waals surface area contributed by atoms with E-state index < -0.39 is 0 Å². The Balaban J connectivity index is 2.07. The summed E-state index contributed by atoms with van der Waals surface area (Å²) in [5.74, 6) is 0.959. The average Bonchev–Trinajstić information content (AvgIpc) is 2.45. The molecule has 1 aromatic heterocycles. The minimum atomic E-state index is 0.208. The van der Waals surface area contributed by atoms with Crippen LogP contribution in [0.1, 0.15) is 11.1 Å². The number of hydrogen-bond donors (Lipinski definition) is 2. The molecular weight excluding hydrogens is 330 g/mol. The quantitative estimate of drug-likeness (QED) is 0.674. The number of nitrogens with zero attached hydrogens (tertiary/aromatic N) is 2. The van der Waals surface area contributed by atoms with Gasteiger partial charge in [0.1, 0.15) is 17.9 Å². The number of rotatable bonds is 2. The van der Waals surface area contributed by atoms with E-state index in [0.717, 1.165) is 22.4 Å². The topological polar surface area (TPSA) is 58.0 Å². The summed E-state index contributed by atoms with van der Waals surface area (Å²) in [6.07, 6.45) is 1.55. The summed E-state index contributed by atoms with van der Waals surface area (Å²) in [6.45, 7) is 4.14. The van der Waals surface area contributed by atoms with E-state index in [1.165, 1.54) is 11.1 Å². The molecule has 0 aliphatic heterocycles. The van der Waals surface area contributed by atoms with Gasteiger partial charge in [0.15, 0.2) is 0 Å². The molecule has 0 bridgehead atoms. The van der Waals surface area contributed by atoms with E-state index in [0.29, 0.717) is 4.47 Å². The first-order valence-electron chi connectivity index (χ1n) is 6.52. The maximum Gasteiger partial charge on any atom is 0.141 e. The SMILES string of the molecule is Cc1cc2ncnc(Nc3ccc(O)c(Br)c3)c2cc1C. The van der Waals surface area contributed by atoms with Gasteiger partial charge in [-0.15, -0.1) is 0 Å². The first-order chi connectivity index (χ1) is 10.0. The van der Waals surface area contributed by atoms with Crippen LogP contribution in [0.4, 0.5) is 11.5 Å². The van der Waals surface area contributed by atoms with Crippen LogP contribution in [0.5, 0.6) is 5.75 Å². The zero-order chi connectivity index (χ0) is 15.0. The van der Waals surface area contributed by atoms with Crippen molar-refractivity contribution < 1.29 is 5.11 Å². The standard InChI is InChI=1S/C16H14BrN3O/c1-9-5-12-14(6-10(9)2)18-8-19-16(12)20-11-3-4-15(21)13(17)7-11/h3-8,21H,1-2H3,(H,18,19,20). The van der Waals surface area contributed by atoms with Crippen LogP contribution < -0.4 is 5.32 Å². The molecular formula is C16H14BrN3O. The molecule has 0 unspecified atom stereocenters. The van der Waals surface area contributed by atoms with Crippen LogP contribution in [-0.4, -0.2) is 15.1 Å². The van der Waals surface area contributed by atoms with Crippen LogP contribution in [0.3, 0.4) is 0 Å². The Morgan fingerprint density at radius 1 is 1.05 bits per heavy atom. The van der Waals surface area contributed by atoms with Gasteiger partial charge in [-0.3, -0.25) is 0 Å². The normalized spacial score (nSPS) is 10.8. The van der Waals surface area contributed by atoms with E-state index in [-0.39, 0.29) is 5.75 Å². The molecule has 2 N–H and O–H groups in total. The van der Waals surface area contributed by atoms with E-state index in [1.807, 2.05) is 6.07 Å². The lowest BCUT2D eigenvalue weighted by Crippen LogP contribution is -1.97. The van der Waals surface area contributed by atoms with Gasteiger partial charge in [0, 0.05) is 11.1 Å². The zero-order valence-electron chi connectivity index (χ0n) is 11.7. The van der Waals surface area contributed by atoms with Crippen LogP contribution in [0.15, 0.2) is 41.1 Å². The molecule has 0 aliphatic rings. The Morgan fingerprint density at radius 3 is 2.57 bits per heavy atom. The molecule has 4 nitrogen and oxygen atoms in total. The first-order valence-corrected chi connectivity index (χ1v) is 7.31. The summed E-state index contributed by atoms with van der Waals surface area (Å²) in [4.78, 5) is 8.64. The fourth-order valence-electron chi connectivity index (χ4n) is 2.14. The van der Waals surface area contributed by atoms with Gasteiger partial charge in [0.05, 0.1) is 9.99 Å². The third kappa shape index (κ3) is 2.69. The number of anilines is 2. The lowest BCUT2D eigenvalue weighted by molar-refractivity contribution is 0.472. The van der Waals surface area contributed by atoms with E-state index in [9.17, 15) is 5.11 Å². The summed E-state index contributed by atoms with van der Waals surface area (Å²) in [5, 5.41) is 13.8. The van der Waals surface area contributed by atoms with Crippen molar-refractivity contribution in [2.75, 3.05) is 5.32 Å². The summed E-state index contributed by atoms with van der Waals surface area (Å²) in [6, 6.07) is 9.39. The van der Waals surface area contributed by atoms with Crippen molar-refractivity contribution >= 4 is 38.3 Å². The highest BCUT2D eigenvalue weighted by Gasteiger charge is 2.07. The van der Waals surface area contributed by atoms with Gasteiger partial charge in [0.25, 0.3) is 0 Å². The number of phenolic OH excluding ortho intramolecular Hbond substituents is 1. The first kappa shape index (κ1) is 13.8. The summed E-state index contributed by atoms with van der Waals surface area (Å²) >= 11 is 3.31. The Labute approximate surface area is 131 Å². The average molecular weight is 344 g/mol. The number of nitrogens with one attached hydrogen (secondary N) is 1. The van der Waals surface area contributed by atoms with Gasteiger partial charge < -0.3 is 10.4 Å². The molecule has 2 aromatic carbocycles. The van der Waals surface area contributed by atoms with E-state index in [4.69, 9.17) is 0 Å². The van der Waals surface area contributed by atoms with Gasteiger partial charge >= 0.3 is 0 Å². The largest absolute Gasteiger partial charge is 0.507 e. The molecule has 21 heavy (non-hydrogen) atoms. The van der Waals surface area contributed by atoms with Crippen LogP contribution in [0.2, 0.25) is 0 Å². The third-order valence-corrected chi connectivity index (χ3v) is 4.10. The summed E-state index contributed by atoms with van der Waals surface area (Å²) < 4.78 is 0.637. The van der Waals surface area contributed by atoms with Gasteiger partial charge in [-0.1, -0.05) is 0 Å². The lowest BCUT2D eigenvalue weighted by atomic mass is 10.1.